The average molecular weight is 471 g/mol. The van der Waals surface area contributed by atoms with Gasteiger partial charge >= 0.3 is 0 Å². The summed E-state index contributed by atoms with van der Waals surface area (Å²) in [7, 11) is -2.50. The van der Waals surface area contributed by atoms with Crippen LogP contribution in [0.3, 0.4) is 0 Å². The Balaban J connectivity index is 1.49. The largest absolute Gasteiger partial charge is 0.497 e. The van der Waals surface area contributed by atoms with Crippen LogP contribution in [0.2, 0.25) is 10.0 Å². The van der Waals surface area contributed by atoms with Gasteiger partial charge in [0, 0.05) is 18.3 Å². The number of methoxy groups -OCH3 is 1. The minimum atomic E-state index is -2.50. The summed E-state index contributed by atoms with van der Waals surface area (Å²) in [6, 6.07) is 7.21. The summed E-state index contributed by atoms with van der Waals surface area (Å²) in [6.07, 6.45) is 4.53. The third kappa shape index (κ3) is 5.17. The SMILES string of the molecule is [2H]C([2H])([2H])Oc1ccc(N(C[C@H]2COCCO2)C2CCC(n3ncc(Cl)c(Cl)c3=O)CC2)cc1. The number of rotatable bonds is 6. The van der Waals surface area contributed by atoms with Gasteiger partial charge < -0.3 is 19.1 Å². The van der Waals surface area contributed by atoms with E-state index in [1.807, 2.05) is 12.1 Å². The molecule has 0 radical (unpaired) electrons. The number of aromatic nitrogens is 2. The first-order chi connectivity index (χ1) is 16.2. The lowest BCUT2D eigenvalue weighted by atomic mass is 9.89. The number of anilines is 1. The van der Waals surface area contributed by atoms with Crippen molar-refractivity contribution in [1.82, 2.24) is 9.78 Å². The van der Waals surface area contributed by atoms with Crippen LogP contribution in [-0.2, 0) is 9.47 Å². The van der Waals surface area contributed by atoms with Crippen LogP contribution in [0.1, 0.15) is 35.8 Å². The van der Waals surface area contributed by atoms with Crippen LogP contribution >= 0.6 is 23.2 Å². The zero-order valence-electron chi connectivity index (χ0n) is 20.0. The van der Waals surface area contributed by atoms with Crippen LogP contribution in [0.4, 0.5) is 5.69 Å². The third-order valence-electron chi connectivity index (χ3n) is 5.93. The Morgan fingerprint density at radius 3 is 2.68 bits per heavy atom. The van der Waals surface area contributed by atoms with E-state index in [-0.39, 0.29) is 39.5 Å². The quantitative estimate of drug-likeness (QED) is 0.636. The molecule has 2 heterocycles. The molecular formula is C22H27Cl2N3O4. The Bertz CT molecular complexity index is 1020. The van der Waals surface area contributed by atoms with Crippen LogP contribution in [0.5, 0.6) is 5.75 Å². The first-order valence-electron chi connectivity index (χ1n) is 11.9. The predicted octanol–water partition coefficient (Wildman–Crippen LogP) is 3.96. The van der Waals surface area contributed by atoms with Crippen LogP contribution in [0, 0.1) is 0 Å². The molecule has 168 valence electrons. The van der Waals surface area contributed by atoms with Crippen molar-refractivity contribution in [2.75, 3.05) is 38.3 Å². The molecular weight excluding hydrogens is 441 g/mol. The fourth-order valence-electron chi connectivity index (χ4n) is 4.33. The number of ether oxygens (including phenoxy) is 3. The molecule has 4 rings (SSSR count). The summed E-state index contributed by atoms with van der Waals surface area (Å²) in [5.41, 5.74) is 0.576. The molecule has 0 spiro atoms. The molecule has 0 amide bonds. The van der Waals surface area contributed by atoms with Crippen molar-refractivity contribution in [3.8, 4) is 5.75 Å². The maximum atomic E-state index is 12.5. The highest BCUT2D eigenvalue weighted by atomic mass is 35.5. The Hall–Kier alpha value is -1.80. The van der Waals surface area contributed by atoms with Crippen molar-refractivity contribution in [3.05, 3.63) is 50.9 Å². The average Bonchev–Trinajstić information content (AvgIpc) is 2.82. The molecule has 1 saturated heterocycles. The second kappa shape index (κ2) is 10.2. The maximum Gasteiger partial charge on any atom is 0.287 e. The summed E-state index contributed by atoms with van der Waals surface area (Å²) in [5.74, 6) is 0.287. The van der Waals surface area contributed by atoms with Gasteiger partial charge in [-0.3, -0.25) is 4.79 Å². The van der Waals surface area contributed by atoms with Gasteiger partial charge in [0.25, 0.3) is 5.56 Å². The van der Waals surface area contributed by atoms with E-state index in [0.29, 0.717) is 26.4 Å². The highest BCUT2D eigenvalue weighted by Crippen LogP contribution is 2.34. The number of benzene rings is 1. The molecule has 1 aliphatic carbocycles. The van der Waals surface area contributed by atoms with Crippen LogP contribution in [0.25, 0.3) is 0 Å². The van der Waals surface area contributed by atoms with E-state index in [2.05, 4.69) is 10.00 Å². The second-order valence-corrected chi connectivity index (χ2v) is 8.62. The summed E-state index contributed by atoms with van der Waals surface area (Å²) < 4.78 is 39.8. The van der Waals surface area contributed by atoms with Gasteiger partial charge in [-0.25, -0.2) is 4.68 Å². The van der Waals surface area contributed by atoms with Crippen molar-refractivity contribution >= 4 is 28.9 Å². The molecule has 0 N–H and O–H groups in total. The molecule has 7 nitrogen and oxygen atoms in total. The Morgan fingerprint density at radius 2 is 2.00 bits per heavy atom. The monoisotopic (exact) mass is 470 g/mol. The lowest BCUT2D eigenvalue weighted by Crippen LogP contribution is -2.46. The molecule has 9 heteroatoms. The second-order valence-electron chi connectivity index (χ2n) is 7.83. The smallest absolute Gasteiger partial charge is 0.287 e. The molecule has 2 fully saturated rings. The third-order valence-corrected chi connectivity index (χ3v) is 6.67. The maximum absolute atomic E-state index is 12.5. The van der Waals surface area contributed by atoms with E-state index in [9.17, 15) is 4.79 Å². The van der Waals surface area contributed by atoms with Gasteiger partial charge in [0.2, 0.25) is 0 Å². The van der Waals surface area contributed by atoms with Gasteiger partial charge in [0.1, 0.15) is 10.8 Å². The van der Waals surface area contributed by atoms with E-state index in [4.69, 9.17) is 41.5 Å². The van der Waals surface area contributed by atoms with Gasteiger partial charge in [0.05, 0.1) is 54.3 Å². The zero-order chi connectivity index (χ0) is 24.3. The number of nitrogens with zero attached hydrogens (tertiary/aromatic N) is 3. The van der Waals surface area contributed by atoms with Gasteiger partial charge in [0.15, 0.2) is 0 Å². The van der Waals surface area contributed by atoms with E-state index < -0.39 is 7.04 Å². The van der Waals surface area contributed by atoms with Crippen molar-refractivity contribution in [3.63, 3.8) is 0 Å². The predicted molar refractivity (Wildman–Crippen MR) is 121 cm³/mol. The molecule has 2 aromatic rings. The van der Waals surface area contributed by atoms with Gasteiger partial charge in [-0.05, 0) is 49.9 Å². The summed E-state index contributed by atoms with van der Waals surface area (Å²) in [6.45, 7) is 2.31. The zero-order valence-corrected chi connectivity index (χ0v) is 18.5. The summed E-state index contributed by atoms with van der Waals surface area (Å²) in [4.78, 5) is 14.8. The Morgan fingerprint density at radius 1 is 1.23 bits per heavy atom. The molecule has 1 atom stereocenters. The Kier molecular flexibility index (Phi) is 6.17. The lowest BCUT2D eigenvalue weighted by Gasteiger charge is -2.40. The fraction of sp³-hybridized carbons (Fsp3) is 0.545. The van der Waals surface area contributed by atoms with Crippen LogP contribution in [0.15, 0.2) is 35.3 Å². The first kappa shape index (κ1) is 18.7. The van der Waals surface area contributed by atoms with Crippen molar-refractivity contribution in [2.45, 2.75) is 43.9 Å². The standard InChI is InChI=1S/C22H27Cl2N3O4/c1-29-18-8-6-16(7-9-18)26(13-19-14-30-10-11-31-19)15-2-4-17(5-3-15)27-22(28)21(24)20(23)12-25-27/h6-9,12,15,17,19H,2-5,10-11,13-14H2,1H3/t15?,17?,19-/m0/s1/i1D3. The fourth-order valence-corrected chi connectivity index (χ4v) is 4.59. The number of hydrogen-bond acceptors (Lipinski definition) is 6. The molecule has 0 unspecified atom stereocenters. The molecule has 1 aliphatic heterocycles. The number of halogens is 2. The van der Waals surface area contributed by atoms with E-state index in [1.165, 1.54) is 10.9 Å². The van der Waals surface area contributed by atoms with Crippen LogP contribution < -0.4 is 15.2 Å². The molecule has 1 saturated carbocycles. The summed E-state index contributed by atoms with van der Waals surface area (Å²) in [5, 5.41) is 4.35. The molecule has 31 heavy (non-hydrogen) atoms. The summed E-state index contributed by atoms with van der Waals surface area (Å²) >= 11 is 12.0. The minimum Gasteiger partial charge on any atom is -0.497 e. The first-order valence-corrected chi connectivity index (χ1v) is 11.1. The van der Waals surface area contributed by atoms with Gasteiger partial charge in [-0.2, -0.15) is 5.10 Å². The number of hydrogen-bond donors (Lipinski definition) is 0. The van der Waals surface area contributed by atoms with Gasteiger partial charge in [-0.1, -0.05) is 23.2 Å². The molecule has 1 aromatic heterocycles. The highest BCUT2D eigenvalue weighted by molar-refractivity contribution is 6.41. The van der Waals surface area contributed by atoms with E-state index in [0.717, 1.165) is 31.4 Å². The molecule has 1 aromatic carbocycles. The van der Waals surface area contributed by atoms with Gasteiger partial charge in [-0.15, -0.1) is 0 Å². The van der Waals surface area contributed by atoms with Crippen molar-refractivity contribution in [2.24, 2.45) is 0 Å². The van der Waals surface area contributed by atoms with E-state index in [1.54, 1.807) is 12.1 Å². The van der Waals surface area contributed by atoms with E-state index >= 15 is 0 Å². The lowest BCUT2D eigenvalue weighted by molar-refractivity contribution is -0.0847. The minimum absolute atomic E-state index is 0.00534. The topological polar surface area (TPSA) is 65.8 Å². The molecule has 2 aliphatic rings. The van der Waals surface area contributed by atoms with Crippen molar-refractivity contribution in [1.29, 1.82) is 0 Å². The molecule has 0 bridgehead atoms. The van der Waals surface area contributed by atoms with Crippen molar-refractivity contribution < 1.29 is 18.3 Å². The normalized spacial score (nSPS) is 25.9. The highest BCUT2D eigenvalue weighted by Gasteiger charge is 2.30. The van der Waals surface area contributed by atoms with Crippen LogP contribution in [-0.4, -0.2) is 55.3 Å². The Labute approximate surface area is 196 Å².